The summed E-state index contributed by atoms with van der Waals surface area (Å²) in [5.41, 5.74) is 0.583. The Labute approximate surface area is 112 Å². The van der Waals surface area contributed by atoms with Crippen LogP contribution < -0.4 is 5.32 Å². The average Bonchev–Trinajstić information content (AvgIpc) is 3.10. The molecule has 0 aromatic heterocycles. The molecule has 0 saturated carbocycles. The molecule has 18 heavy (non-hydrogen) atoms. The van der Waals surface area contributed by atoms with Gasteiger partial charge in [0.25, 0.3) is 0 Å². The van der Waals surface area contributed by atoms with Gasteiger partial charge in [0.15, 0.2) is 0 Å². The average molecular weight is 251 g/mol. The van der Waals surface area contributed by atoms with Crippen LogP contribution in [-0.4, -0.2) is 61.7 Å². The zero-order valence-corrected chi connectivity index (χ0v) is 12.0. The van der Waals surface area contributed by atoms with Crippen LogP contribution in [0, 0.1) is 5.41 Å². The van der Waals surface area contributed by atoms with Crippen LogP contribution in [0.1, 0.15) is 39.0 Å². The normalized spacial score (nSPS) is 38.8. The van der Waals surface area contributed by atoms with Crippen molar-refractivity contribution in [3.05, 3.63) is 0 Å². The predicted octanol–water partition coefficient (Wildman–Crippen LogP) is 1.55. The number of likely N-dealkylation sites (tertiary alicyclic amines) is 2. The van der Waals surface area contributed by atoms with Gasteiger partial charge >= 0.3 is 0 Å². The van der Waals surface area contributed by atoms with E-state index < -0.39 is 0 Å². The van der Waals surface area contributed by atoms with Crippen molar-refractivity contribution in [3.8, 4) is 0 Å². The molecule has 0 bridgehead atoms. The molecule has 0 aromatic carbocycles. The maximum Gasteiger partial charge on any atom is 0.0235 e. The van der Waals surface area contributed by atoms with Crippen LogP contribution in [0.4, 0.5) is 0 Å². The third-order valence-electron chi connectivity index (χ3n) is 5.55. The lowest BCUT2D eigenvalue weighted by atomic mass is 9.84. The van der Waals surface area contributed by atoms with Gasteiger partial charge in [-0.05, 0) is 63.7 Å². The highest BCUT2D eigenvalue weighted by Crippen LogP contribution is 2.32. The lowest BCUT2D eigenvalue weighted by Crippen LogP contribution is -2.40. The molecule has 3 heteroatoms. The van der Waals surface area contributed by atoms with E-state index in [1.807, 2.05) is 0 Å². The van der Waals surface area contributed by atoms with Gasteiger partial charge in [-0.1, -0.05) is 6.92 Å². The summed E-state index contributed by atoms with van der Waals surface area (Å²) in [5.74, 6) is 0. The second-order valence-electron chi connectivity index (χ2n) is 6.70. The van der Waals surface area contributed by atoms with E-state index in [0.29, 0.717) is 5.41 Å². The van der Waals surface area contributed by atoms with Gasteiger partial charge in [-0.15, -0.1) is 0 Å². The summed E-state index contributed by atoms with van der Waals surface area (Å²) in [7, 11) is 0. The molecule has 3 fully saturated rings. The van der Waals surface area contributed by atoms with E-state index in [0.717, 1.165) is 6.04 Å². The first-order valence-corrected chi connectivity index (χ1v) is 7.98. The van der Waals surface area contributed by atoms with E-state index in [9.17, 15) is 0 Å². The summed E-state index contributed by atoms with van der Waals surface area (Å²) in [6, 6.07) is 0.871. The molecule has 0 radical (unpaired) electrons. The third kappa shape index (κ3) is 2.59. The number of nitrogens with zero attached hydrogens (tertiary/aromatic N) is 2. The molecule has 3 heterocycles. The maximum atomic E-state index is 3.57. The standard InChI is InChI=1S/C15H29N3/c1-2-15(6-7-16-12-15)13-17-10-5-14(11-17)18-8-3-4-9-18/h14,16H,2-13H2,1H3. The van der Waals surface area contributed by atoms with E-state index in [1.54, 1.807) is 0 Å². The van der Waals surface area contributed by atoms with Crippen molar-refractivity contribution in [2.24, 2.45) is 5.41 Å². The van der Waals surface area contributed by atoms with Crippen molar-refractivity contribution in [2.75, 3.05) is 45.8 Å². The van der Waals surface area contributed by atoms with Crippen LogP contribution in [-0.2, 0) is 0 Å². The molecule has 1 N–H and O–H groups in total. The molecule has 0 aromatic rings. The molecule has 0 spiro atoms. The Hall–Kier alpha value is -0.120. The van der Waals surface area contributed by atoms with Gasteiger partial charge in [0.05, 0.1) is 0 Å². The van der Waals surface area contributed by atoms with Crippen LogP contribution in [0.15, 0.2) is 0 Å². The van der Waals surface area contributed by atoms with E-state index in [-0.39, 0.29) is 0 Å². The number of rotatable bonds is 4. The Balaban J connectivity index is 1.52. The topological polar surface area (TPSA) is 18.5 Å². The van der Waals surface area contributed by atoms with Crippen molar-refractivity contribution in [3.63, 3.8) is 0 Å². The number of hydrogen-bond donors (Lipinski definition) is 1. The van der Waals surface area contributed by atoms with Crippen molar-refractivity contribution in [1.29, 1.82) is 0 Å². The van der Waals surface area contributed by atoms with Crippen LogP contribution in [0.25, 0.3) is 0 Å². The van der Waals surface area contributed by atoms with Crippen molar-refractivity contribution >= 4 is 0 Å². The van der Waals surface area contributed by atoms with Gasteiger partial charge in [-0.3, -0.25) is 4.90 Å². The summed E-state index contributed by atoms with van der Waals surface area (Å²) in [6.45, 7) is 11.6. The first kappa shape index (κ1) is 12.9. The van der Waals surface area contributed by atoms with Gasteiger partial charge in [0.2, 0.25) is 0 Å². The maximum absolute atomic E-state index is 3.57. The monoisotopic (exact) mass is 251 g/mol. The molecule has 0 aliphatic carbocycles. The fourth-order valence-corrected chi connectivity index (χ4v) is 4.18. The first-order valence-electron chi connectivity index (χ1n) is 7.98. The second kappa shape index (κ2) is 5.48. The second-order valence-corrected chi connectivity index (χ2v) is 6.70. The molecule has 2 atom stereocenters. The minimum absolute atomic E-state index is 0.583. The van der Waals surface area contributed by atoms with Gasteiger partial charge in [-0.25, -0.2) is 0 Å². The smallest absolute Gasteiger partial charge is 0.0235 e. The van der Waals surface area contributed by atoms with Gasteiger partial charge < -0.3 is 10.2 Å². The van der Waals surface area contributed by atoms with Crippen molar-refractivity contribution < 1.29 is 0 Å². The lowest BCUT2D eigenvalue weighted by molar-refractivity contribution is 0.167. The van der Waals surface area contributed by atoms with Gasteiger partial charge in [-0.2, -0.15) is 0 Å². The summed E-state index contributed by atoms with van der Waals surface area (Å²) in [6.07, 6.45) is 6.99. The van der Waals surface area contributed by atoms with Crippen molar-refractivity contribution in [2.45, 2.75) is 45.1 Å². The zero-order chi connectivity index (χ0) is 12.4. The Morgan fingerprint density at radius 2 is 2.06 bits per heavy atom. The van der Waals surface area contributed by atoms with Gasteiger partial charge in [0.1, 0.15) is 0 Å². The molecule has 3 aliphatic heterocycles. The van der Waals surface area contributed by atoms with Crippen LogP contribution in [0.2, 0.25) is 0 Å². The highest BCUT2D eigenvalue weighted by molar-refractivity contribution is 4.93. The molecular formula is C15H29N3. The van der Waals surface area contributed by atoms with E-state index in [4.69, 9.17) is 0 Å². The van der Waals surface area contributed by atoms with E-state index >= 15 is 0 Å². The molecule has 3 rings (SSSR count). The zero-order valence-electron chi connectivity index (χ0n) is 12.0. The number of nitrogens with one attached hydrogen (secondary N) is 1. The molecule has 3 saturated heterocycles. The molecule has 3 nitrogen and oxygen atoms in total. The summed E-state index contributed by atoms with van der Waals surface area (Å²) >= 11 is 0. The summed E-state index contributed by atoms with van der Waals surface area (Å²) in [4.78, 5) is 5.49. The minimum atomic E-state index is 0.583. The third-order valence-corrected chi connectivity index (χ3v) is 5.55. The Morgan fingerprint density at radius 1 is 1.22 bits per heavy atom. The predicted molar refractivity (Wildman–Crippen MR) is 75.9 cm³/mol. The first-order chi connectivity index (χ1) is 8.81. The largest absolute Gasteiger partial charge is 0.316 e. The Kier molecular flexibility index (Phi) is 3.92. The Bertz CT molecular complexity index is 267. The quantitative estimate of drug-likeness (QED) is 0.818. The van der Waals surface area contributed by atoms with E-state index in [1.165, 1.54) is 77.9 Å². The molecule has 104 valence electrons. The fraction of sp³-hybridized carbons (Fsp3) is 1.00. The molecule has 0 amide bonds. The number of hydrogen-bond acceptors (Lipinski definition) is 3. The highest BCUT2D eigenvalue weighted by Gasteiger charge is 2.37. The fourth-order valence-electron chi connectivity index (χ4n) is 4.18. The van der Waals surface area contributed by atoms with E-state index in [2.05, 4.69) is 22.0 Å². The highest BCUT2D eigenvalue weighted by atomic mass is 15.3. The summed E-state index contributed by atoms with van der Waals surface area (Å²) in [5, 5.41) is 3.57. The molecular weight excluding hydrogens is 222 g/mol. The summed E-state index contributed by atoms with van der Waals surface area (Å²) < 4.78 is 0. The van der Waals surface area contributed by atoms with Crippen molar-refractivity contribution in [1.82, 2.24) is 15.1 Å². The molecule has 3 aliphatic rings. The minimum Gasteiger partial charge on any atom is -0.316 e. The Morgan fingerprint density at radius 3 is 2.72 bits per heavy atom. The van der Waals surface area contributed by atoms with Crippen LogP contribution in [0.5, 0.6) is 0 Å². The van der Waals surface area contributed by atoms with Crippen LogP contribution >= 0.6 is 0 Å². The van der Waals surface area contributed by atoms with Gasteiger partial charge in [0, 0.05) is 25.7 Å². The lowest BCUT2D eigenvalue weighted by Gasteiger charge is -2.32. The SMILES string of the molecule is CCC1(CN2CCC(N3CCCC3)C2)CCNC1. The van der Waals surface area contributed by atoms with Crippen LogP contribution in [0.3, 0.4) is 0 Å². The molecule has 2 unspecified atom stereocenters.